The Hall–Kier alpha value is -3.48. The van der Waals surface area contributed by atoms with Crippen molar-refractivity contribution in [2.75, 3.05) is 6.61 Å². The average Bonchev–Trinajstić information content (AvgIpc) is 2.83. The van der Waals surface area contributed by atoms with Crippen LogP contribution in [0, 0.1) is 11.6 Å². The number of hydrogen-bond acceptors (Lipinski definition) is 2. The van der Waals surface area contributed by atoms with E-state index in [1.54, 1.807) is 30.5 Å². The van der Waals surface area contributed by atoms with E-state index < -0.39 is 23.4 Å². The van der Waals surface area contributed by atoms with Gasteiger partial charge in [0, 0.05) is 10.9 Å². The SMILES string of the molecule is CCCCOc1ccc(-c2ccc3c(F)c(CCc4ccc(C(F)(F)F)c(F)c4)ccc3c2)nc1. The summed E-state index contributed by atoms with van der Waals surface area (Å²) in [5.41, 5.74) is 1.06. The van der Waals surface area contributed by atoms with Gasteiger partial charge in [0.25, 0.3) is 0 Å². The van der Waals surface area contributed by atoms with Crippen molar-refractivity contribution in [1.82, 2.24) is 4.98 Å². The number of aryl methyl sites for hydroxylation is 2. The molecule has 4 aromatic rings. The summed E-state index contributed by atoms with van der Waals surface area (Å²) in [6.07, 6.45) is -0.605. The molecule has 0 amide bonds. The van der Waals surface area contributed by atoms with E-state index in [0.29, 0.717) is 34.3 Å². The molecular formula is C28H24F5NO. The minimum Gasteiger partial charge on any atom is -0.492 e. The molecule has 0 N–H and O–H groups in total. The second kappa shape index (κ2) is 10.4. The van der Waals surface area contributed by atoms with Crippen molar-refractivity contribution in [3.05, 3.63) is 95.2 Å². The Balaban J connectivity index is 1.49. The van der Waals surface area contributed by atoms with E-state index in [1.807, 2.05) is 18.2 Å². The first-order chi connectivity index (χ1) is 16.8. The summed E-state index contributed by atoms with van der Waals surface area (Å²) < 4.78 is 72.8. The average molecular weight is 485 g/mol. The summed E-state index contributed by atoms with van der Waals surface area (Å²) in [6.45, 7) is 2.74. The lowest BCUT2D eigenvalue weighted by Crippen LogP contribution is -2.08. The molecule has 0 fully saturated rings. The summed E-state index contributed by atoms with van der Waals surface area (Å²) in [5.74, 6) is -1.02. The number of benzene rings is 3. The van der Waals surface area contributed by atoms with Crippen molar-refractivity contribution in [3.63, 3.8) is 0 Å². The first kappa shape index (κ1) is 24.6. The number of halogens is 5. The van der Waals surface area contributed by atoms with Crippen LogP contribution in [-0.4, -0.2) is 11.6 Å². The fourth-order valence-electron chi connectivity index (χ4n) is 3.88. The molecule has 0 unspecified atom stereocenters. The maximum absolute atomic E-state index is 15.2. The van der Waals surface area contributed by atoms with Gasteiger partial charge >= 0.3 is 6.18 Å². The van der Waals surface area contributed by atoms with Crippen molar-refractivity contribution in [2.45, 2.75) is 38.8 Å². The van der Waals surface area contributed by atoms with Crippen molar-refractivity contribution in [3.8, 4) is 17.0 Å². The Morgan fingerprint density at radius 2 is 1.71 bits per heavy atom. The third kappa shape index (κ3) is 5.78. The van der Waals surface area contributed by atoms with Crippen molar-refractivity contribution in [1.29, 1.82) is 0 Å². The lowest BCUT2D eigenvalue weighted by atomic mass is 9.98. The van der Waals surface area contributed by atoms with E-state index in [2.05, 4.69) is 11.9 Å². The molecular weight excluding hydrogens is 461 g/mol. The van der Waals surface area contributed by atoms with Crippen LogP contribution in [0.3, 0.4) is 0 Å². The number of aromatic nitrogens is 1. The minimum atomic E-state index is -4.74. The minimum absolute atomic E-state index is 0.214. The molecule has 2 nitrogen and oxygen atoms in total. The number of rotatable bonds is 8. The van der Waals surface area contributed by atoms with Gasteiger partial charge in [0.05, 0.1) is 24.1 Å². The molecule has 35 heavy (non-hydrogen) atoms. The molecule has 0 saturated heterocycles. The van der Waals surface area contributed by atoms with Crippen LogP contribution >= 0.6 is 0 Å². The van der Waals surface area contributed by atoms with Crippen LogP contribution in [0.2, 0.25) is 0 Å². The van der Waals surface area contributed by atoms with Gasteiger partial charge in [0.2, 0.25) is 0 Å². The molecule has 1 aromatic heterocycles. The summed E-state index contributed by atoms with van der Waals surface area (Å²) in [4.78, 5) is 4.45. The molecule has 0 aliphatic rings. The molecule has 0 aliphatic carbocycles. The Labute approximate surface area is 200 Å². The lowest BCUT2D eigenvalue weighted by molar-refractivity contribution is -0.140. The number of nitrogens with zero attached hydrogens (tertiary/aromatic N) is 1. The molecule has 4 rings (SSSR count). The highest BCUT2D eigenvalue weighted by molar-refractivity contribution is 5.88. The predicted octanol–water partition coefficient (Wildman–Crippen LogP) is 8.16. The molecule has 0 bridgehead atoms. The lowest BCUT2D eigenvalue weighted by Gasteiger charge is -2.11. The second-order valence-electron chi connectivity index (χ2n) is 8.37. The van der Waals surface area contributed by atoms with E-state index in [0.717, 1.165) is 36.2 Å². The van der Waals surface area contributed by atoms with Crippen LogP contribution in [0.5, 0.6) is 5.75 Å². The first-order valence-electron chi connectivity index (χ1n) is 11.4. The summed E-state index contributed by atoms with van der Waals surface area (Å²) in [6, 6.07) is 15.3. The zero-order valence-electron chi connectivity index (χ0n) is 19.1. The van der Waals surface area contributed by atoms with Crippen molar-refractivity contribution < 1.29 is 26.7 Å². The van der Waals surface area contributed by atoms with Gasteiger partial charge in [-0.15, -0.1) is 0 Å². The third-order valence-electron chi connectivity index (χ3n) is 5.85. The van der Waals surface area contributed by atoms with Gasteiger partial charge in [-0.25, -0.2) is 8.78 Å². The van der Waals surface area contributed by atoms with Gasteiger partial charge in [-0.1, -0.05) is 43.7 Å². The summed E-state index contributed by atoms with van der Waals surface area (Å²) in [5, 5.41) is 1.14. The highest BCUT2D eigenvalue weighted by Crippen LogP contribution is 2.32. The zero-order valence-corrected chi connectivity index (χ0v) is 19.1. The maximum Gasteiger partial charge on any atom is 0.419 e. The molecule has 0 aliphatic heterocycles. The Bertz CT molecular complexity index is 1320. The van der Waals surface area contributed by atoms with Gasteiger partial charge in [-0.3, -0.25) is 4.98 Å². The van der Waals surface area contributed by atoms with Gasteiger partial charge < -0.3 is 4.74 Å². The molecule has 1 heterocycles. The standard InChI is InChI=1S/C28H24F5NO/c1-2-3-14-35-22-10-13-26(34-17-22)21-9-11-23-20(16-21)8-7-19(27(23)30)6-4-18-5-12-24(25(29)15-18)28(31,32)33/h5,7-13,15-17H,2-4,6,14H2,1H3. The topological polar surface area (TPSA) is 22.1 Å². The molecule has 0 spiro atoms. The fourth-order valence-corrected chi connectivity index (χ4v) is 3.88. The largest absolute Gasteiger partial charge is 0.492 e. The monoisotopic (exact) mass is 485 g/mol. The summed E-state index contributed by atoms with van der Waals surface area (Å²) in [7, 11) is 0. The van der Waals surface area contributed by atoms with E-state index >= 15 is 4.39 Å². The van der Waals surface area contributed by atoms with E-state index in [4.69, 9.17) is 4.74 Å². The van der Waals surface area contributed by atoms with Crippen LogP contribution < -0.4 is 4.74 Å². The Morgan fingerprint density at radius 1 is 0.886 bits per heavy atom. The Kier molecular flexibility index (Phi) is 7.34. The second-order valence-corrected chi connectivity index (χ2v) is 8.37. The van der Waals surface area contributed by atoms with Crippen LogP contribution in [0.4, 0.5) is 22.0 Å². The molecule has 0 saturated carbocycles. The number of alkyl halides is 3. The molecule has 0 radical (unpaired) electrons. The van der Waals surface area contributed by atoms with Gasteiger partial charge in [0.15, 0.2) is 0 Å². The number of unbranched alkanes of at least 4 members (excludes halogenated alkanes) is 1. The van der Waals surface area contributed by atoms with Crippen LogP contribution in [0.15, 0.2) is 66.9 Å². The summed E-state index contributed by atoms with van der Waals surface area (Å²) >= 11 is 0. The number of pyridine rings is 1. The van der Waals surface area contributed by atoms with Gasteiger partial charge in [0.1, 0.15) is 17.4 Å². The number of ether oxygens (including phenoxy) is 1. The Morgan fingerprint density at radius 3 is 2.40 bits per heavy atom. The van der Waals surface area contributed by atoms with E-state index in [9.17, 15) is 17.6 Å². The van der Waals surface area contributed by atoms with Gasteiger partial charge in [-0.2, -0.15) is 13.2 Å². The van der Waals surface area contributed by atoms with E-state index in [-0.39, 0.29) is 12.8 Å². The third-order valence-corrected chi connectivity index (χ3v) is 5.85. The highest BCUT2D eigenvalue weighted by Gasteiger charge is 2.33. The number of hydrogen-bond donors (Lipinski definition) is 0. The number of fused-ring (bicyclic) bond motifs is 1. The molecule has 0 atom stereocenters. The van der Waals surface area contributed by atoms with Crippen molar-refractivity contribution >= 4 is 10.8 Å². The quantitative estimate of drug-likeness (QED) is 0.186. The first-order valence-corrected chi connectivity index (χ1v) is 11.4. The molecule has 7 heteroatoms. The molecule has 3 aromatic carbocycles. The van der Waals surface area contributed by atoms with Crippen LogP contribution in [-0.2, 0) is 19.0 Å². The van der Waals surface area contributed by atoms with E-state index in [1.165, 1.54) is 6.07 Å². The predicted molar refractivity (Wildman–Crippen MR) is 126 cm³/mol. The van der Waals surface area contributed by atoms with Crippen LogP contribution in [0.1, 0.15) is 36.5 Å². The smallest absolute Gasteiger partial charge is 0.419 e. The zero-order chi connectivity index (χ0) is 25.0. The van der Waals surface area contributed by atoms with Crippen LogP contribution in [0.25, 0.3) is 22.0 Å². The van der Waals surface area contributed by atoms with Crippen molar-refractivity contribution in [2.24, 2.45) is 0 Å². The van der Waals surface area contributed by atoms with Gasteiger partial charge in [-0.05, 0) is 66.1 Å². The fraction of sp³-hybridized carbons (Fsp3) is 0.250. The maximum atomic E-state index is 15.2. The normalized spacial score (nSPS) is 11.7. The highest BCUT2D eigenvalue weighted by atomic mass is 19.4. The molecule has 182 valence electrons.